The molecule has 0 saturated heterocycles. The van der Waals surface area contributed by atoms with Gasteiger partial charge in [0.05, 0.1) is 6.10 Å². The predicted octanol–water partition coefficient (Wildman–Crippen LogP) is 1.03. The first-order valence-electron chi connectivity index (χ1n) is 10.8. The second-order valence-corrected chi connectivity index (χ2v) is 8.35. The highest BCUT2D eigenvalue weighted by atomic mass is 16.6. The molecule has 0 radical (unpaired) electrons. The zero-order chi connectivity index (χ0) is 27.3. The Labute approximate surface area is 209 Å². The molecule has 0 unspecified atom stereocenters. The molecule has 0 spiro atoms. The van der Waals surface area contributed by atoms with Crippen molar-refractivity contribution in [1.29, 1.82) is 0 Å². The molecule has 0 amide bonds. The summed E-state index contributed by atoms with van der Waals surface area (Å²) in [4.78, 5) is 36.3. The number of aliphatic hydroxyl groups is 2. The third-order valence-electron chi connectivity index (χ3n) is 5.57. The molecule has 4 atom stereocenters. The number of hydrogen-bond donors (Lipinski definition) is 7. The number of aliphatic hydroxyl groups excluding tert-OH is 1. The Balaban J connectivity index is 1.75. The number of carboxylic acid groups (broad SMARTS) is 1. The van der Waals surface area contributed by atoms with E-state index in [1.54, 1.807) is 0 Å². The lowest BCUT2D eigenvalue weighted by Gasteiger charge is -2.40. The SMILES string of the molecule is O=C(/C=C\c1ccc(O)c(O)c1)O[C@@H]1[C@H](O)C[C@@](O)(C(=O)O)C[C@H]1OC(=O)/C=C\c1ccc(O)c(O)c1. The lowest BCUT2D eigenvalue weighted by atomic mass is 9.79. The molecule has 1 saturated carbocycles. The number of phenols is 4. The van der Waals surface area contributed by atoms with Crippen molar-refractivity contribution in [2.75, 3.05) is 0 Å². The molecule has 0 bridgehead atoms. The van der Waals surface area contributed by atoms with Crippen LogP contribution in [0.5, 0.6) is 23.0 Å². The molecule has 1 aliphatic rings. The van der Waals surface area contributed by atoms with Gasteiger partial charge in [-0.05, 0) is 47.5 Å². The van der Waals surface area contributed by atoms with Gasteiger partial charge in [-0.3, -0.25) is 0 Å². The summed E-state index contributed by atoms with van der Waals surface area (Å²) in [6.45, 7) is 0. The summed E-state index contributed by atoms with van der Waals surface area (Å²) in [6, 6.07) is 7.50. The molecule has 0 heterocycles. The molecule has 0 aromatic heterocycles. The van der Waals surface area contributed by atoms with Gasteiger partial charge >= 0.3 is 17.9 Å². The number of rotatable bonds is 7. The molecule has 1 fully saturated rings. The van der Waals surface area contributed by atoms with Crippen molar-refractivity contribution in [3.8, 4) is 23.0 Å². The van der Waals surface area contributed by atoms with Crippen LogP contribution in [-0.2, 0) is 23.9 Å². The fraction of sp³-hybridized carbons (Fsp3) is 0.240. The Bertz CT molecular complexity index is 1250. The quantitative estimate of drug-likeness (QED) is 0.156. The Kier molecular flexibility index (Phi) is 8.05. The molecule has 1 aliphatic carbocycles. The summed E-state index contributed by atoms with van der Waals surface area (Å²) in [5.74, 6) is -5.29. The fourth-order valence-corrected chi connectivity index (χ4v) is 3.66. The molecular formula is C25H24O12. The van der Waals surface area contributed by atoms with Gasteiger partial charge in [0.2, 0.25) is 0 Å². The Hall–Kier alpha value is -4.55. The standard InChI is InChI=1S/C25H24O12/c26-15-5-1-13(9-17(15)28)3-7-21(31)36-20-12-25(35,24(33)34)11-19(30)23(20)37-22(32)8-4-14-2-6-16(27)18(29)10-14/h1-10,19-20,23,26-30,35H,11-12H2,(H,33,34)/b7-3-,8-4-/t19-,20-,23-,25+/m1/s1. The van der Waals surface area contributed by atoms with E-state index in [9.17, 15) is 50.1 Å². The van der Waals surface area contributed by atoms with Crippen LogP contribution in [0.25, 0.3) is 12.2 Å². The molecule has 2 aromatic rings. The minimum absolute atomic E-state index is 0.311. The molecule has 7 N–H and O–H groups in total. The molecule has 0 aliphatic heterocycles. The van der Waals surface area contributed by atoms with E-state index in [-0.39, 0.29) is 11.5 Å². The lowest BCUT2D eigenvalue weighted by molar-refractivity contribution is -0.204. The second kappa shape index (κ2) is 11.0. The van der Waals surface area contributed by atoms with Crippen LogP contribution >= 0.6 is 0 Å². The molecule has 2 aromatic carbocycles. The average Bonchev–Trinajstić information content (AvgIpc) is 2.82. The zero-order valence-corrected chi connectivity index (χ0v) is 19.1. The van der Waals surface area contributed by atoms with Crippen molar-refractivity contribution in [3.05, 3.63) is 59.7 Å². The normalized spacial score (nSPS) is 23.7. The minimum atomic E-state index is -2.46. The van der Waals surface area contributed by atoms with E-state index in [1.165, 1.54) is 42.5 Å². The van der Waals surface area contributed by atoms with Gasteiger partial charge in [-0.1, -0.05) is 12.1 Å². The van der Waals surface area contributed by atoms with Gasteiger partial charge in [0.15, 0.2) is 34.7 Å². The minimum Gasteiger partial charge on any atom is -0.504 e. The largest absolute Gasteiger partial charge is 0.504 e. The van der Waals surface area contributed by atoms with E-state index >= 15 is 0 Å². The van der Waals surface area contributed by atoms with Crippen molar-refractivity contribution in [3.63, 3.8) is 0 Å². The Morgan fingerprint density at radius 2 is 1.27 bits per heavy atom. The van der Waals surface area contributed by atoms with Crippen LogP contribution in [0.3, 0.4) is 0 Å². The first-order chi connectivity index (χ1) is 17.4. The van der Waals surface area contributed by atoms with Crippen molar-refractivity contribution >= 4 is 30.1 Å². The highest BCUT2D eigenvalue weighted by Gasteiger charge is 2.52. The van der Waals surface area contributed by atoms with Crippen molar-refractivity contribution in [2.24, 2.45) is 0 Å². The highest BCUT2D eigenvalue weighted by Crippen LogP contribution is 2.33. The molecule has 12 nitrogen and oxygen atoms in total. The van der Waals surface area contributed by atoms with Gasteiger partial charge < -0.3 is 45.2 Å². The molecule has 37 heavy (non-hydrogen) atoms. The van der Waals surface area contributed by atoms with Crippen molar-refractivity contribution < 1.29 is 59.6 Å². The number of carboxylic acids is 1. The maximum Gasteiger partial charge on any atom is 0.335 e. The number of hydrogen-bond acceptors (Lipinski definition) is 11. The predicted molar refractivity (Wildman–Crippen MR) is 125 cm³/mol. The van der Waals surface area contributed by atoms with E-state index in [2.05, 4.69) is 0 Å². The number of aliphatic carboxylic acids is 1. The summed E-state index contributed by atoms with van der Waals surface area (Å²) in [5, 5.41) is 68.0. The van der Waals surface area contributed by atoms with Crippen LogP contribution in [0.2, 0.25) is 0 Å². The Morgan fingerprint density at radius 1 is 0.784 bits per heavy atom. The first-order valence-corrected chi connectivity index (χ1v) is 10.8. The number of phenolic OH excluding ortho intramolecular Hbond substituents is 4. The number of ether oxygens (including phenoxy) is 2. The zero-order valence-electron chi connectivity index (χ0n) is 19.1. The van der Waals surface area contributed by atoms with Gasteiger partial charge in [0, 0.05) is 25.0 Å². The highest BCUT2D eigenvalue weighted by molar-refractivity contribution is 5.88. The molecule has 3 rings (SSSR count). The van der Waals surface area contributed by atoms with E-state index in [1.807, 2.05) is 0 Å². The van der Waals surface area contributed by atoms with Crippen LogP contribution in [0.15, 0.2) is 48.6 Å². The number of esters is 2. The van der Waals surface area contributed by atoms with Crippen LogP contribution in [0, 0.1) is 0 Å². The molecule has 12 heteroatoms. The van der Waals surface area contributed by atoms with E-state index < -0.39 is 66.2 Å². The number of aromatic hydroxyl groups is 4. The van der Waals surface area contributed by atoms with E-state index in [0.29, 0.717) is 11.1 Å². The summed E-state index contributed by atoms with van der Waals surface area (Å²) in [5.41, 5.74) is -1.82. The maximum absolute atomic E-state index is 12.4. The maximum atomic E-state index is 12.4. The average molecular weight is 516 g/mol. The molecule has 196 valence electrons. The van der Waals surface area contributed by atoms with Crippen LogP contribution in [-0.4, -0.2) is 77.6 Å². The summed E-state index contributed by atoms with van der Waals surface area (Å²) in [7, 11) is 0. The van der Waals surface area contributed by atoms with Gasteiger partial charge in [-0.15, -0.1) is 0 Å². The van der Waals surface area contributed by atoms with Crippen LogP contribution in [0.1, 0.15) is 24.0 Å². The van der Waals surface area contributed by atoms with Crippen molar-refractivity contribution in [2.45, 2.75) is 36.8 Å². The number of benzene rings is 2. The third kappa shape index (κ3) is 6.78. The van der Waals surface area contributed by atoms with Crippen LogP contribution in [0.4, 0.5) is 0 Å². The third-order valence-corrected chi connectivity index (χ3v) is 5.57. The van der Waals surface area contributed by atoms with Gasteiger partial charge in [-0.25, -0.2) is 14.4 Å². The summed E-state index contributed by atoms with van der Waals surface area (Å²) >= 11 is 0. The van der Waals surface area contributed by atoms with E-state index in [0.717, 1.165) is 18.2 Å². The van der Waals surface area contributed by atoms with Gasteiger partial charge in [-0.2, -0.15) is 0 Å². The number of carbonyl (C=O) groups is 3. The monoisotopic (exact) mass is 516 g/mol. The second-order valence-electron chi connectivity index (χ2n) is 8.35. The topological polar surface area (TPSA) is 211 Å². The summed E-state index contributed by atoms with van der Waals surface area (Å²) < 4.78 is 10.4. The Morgan fingerprint density at radius 3 is 1.73 bits per heavy atom. The van der Waals surface area contributed by atoms with Gasteiger partial charge in [0.1, 0.15) is 6.10 Å². The number of carbonyl (C=O) groups excluding carboxylic acids is 2. The summed E-state index contributed by atoms with van der Waals surface area (Å²) in [6.07, 6.45) is -1.86. The van der Waals surface area contributed by atoms with Gasteiger partial charge in [0.25, 0.3) is 0 Å². The first kappa shape index (κ1) is 27.0. The van der Waals surface area contributed by atoms with Crippen molar-refractivity contribution in [1.82, 2.24) is 0 Å². The lowest BCUT2D eigenvalue weighted by Crippen LogP contribution is -2.58. The molecular weight excluding hydrogens is 492 g/mol. The van der Waals surface area contributed by atoms with E-state index in [4.69, 9.17) is 9.47 Å². The van der Waals surface area contributed by atoms with Crippen LogP contribution < -0.4 is 0 Å². The smallest absolute Gasteiger partial charge is 0.335 e. The fourth-order valence-electron chi connectivity index (χ4n) is 3.66.